The average molecular weight is 521 g/mol. The van der Waals surface area contributed by atoms with Crippen LogP contribution in [0, 0.1) is 18.6 Å². The van der Waals surface area contributed by atoms with Crippen molar-refractivity contribution in [1.82, 2.24) is 14.8 Å². The lowest BCUT2D eigenvalue weighted by molar-refractivity contribution is 0.103. The second-order valence-corrected chi connectivity index (χ2v) is 9.10. The summed E-state index contributed by atoms with van der Waals surface area (Å²) in [7, 11) is 0. The molecule has 0 aliphatic heterocycles. The minimum Gasteiger partial charge on any atom is -0.454 e. The maximum absolute atomic E-state index is 14.0. The third-order valence-electron chi connectivity index (χ3n) is 6.59. The molecule has 0 amide bonds. The molecule has 0 radical (unpaired) electrons. The minimum atomic E-state index is -1.06. The zero-order chi connectivity index (χ0) is 27.1. The first-order valence-corrected chi connectivity index (χ1v) is 12.2. The van der Waals surface area contributed by atoms with E-state index in [-0.39, 0.29) is 22.9 Å². The summed E-state index contributed by atoms with van der Waals surface area (Å²) >= 11 is 0. The van der Waals surface area contributed by atoms with Crippen LogP contribution in [0.1, 0.15) is 21.6 Å². The standard InChI is InChI=1S/C31H22F2N4O2/c1-18-15-20(39-28-12-6-10-24(32)29(28)33)13-14-27(18)37-31(34)23(17-35-37)30(38)26-16-22-21(9-5-11-25(22)36-26)19-7-3-2-4-8-19/h2-17,36H,34H2,1H3. The van der Waals surface area contributed by atoms with Crippen LogP contribution in [0.5, 0.6) is 11.5 Å². The Hall–Kier alpha value is -5.24. The van der Waals surface area contributed by atoms with Crippen molar-refractivity contribution in [1.29, 1.82) is 0 Å². The summed E-state index contributed by atoms with van der Waals surface area (Å²) in [6.45, 7) is 1.80. The monoisotopic (exact) mass is 520 g/mol. The smallest absolute Gasteiger partial charge is 0.214 e. The van der Waals surface area contributed by atoms with Crippen molar-refractivity contribution in [2.75, 3.05) is 5.73 Å². The number of ether oxygens (including phenoxy) is 1. The molecule has 8 heteroatoms. The maximum atomic E-state index is 14.0. The van der Waals surface area contributed by atoms with Gasteiger partial charge < -0.3 is 15.5 Å². The van der Waals surface area contributed by atoms with Crippen molar-refractivity contribution >= 4 is 22.5 Å². The van der Waals surface area contributed by atoms with E-state index in [0.717, 1.165) is 28.1 Å². The van der Waals surface area contributed by atoms with Crippen LogP contribution in [0.3, 0.4) is 0 Å². The second kappa shape index (κ2) is 9.57. The second-order valence-electron chi connectivity index (χ2n) is 9.10. The van der Waals surface area contributed by atoms with Crippen LogP contribution in [-0.4, -0.2) is 20.5 Å². The van der Waals surface area contributed by atoms with E-state index in [0.29, 0.717) is 22.7 Å². The number of hydrogen-bond donors (Lipinski definition) is 2. The molecule has 2 heterocycles. The fourth-order valence-corrected chi connectivity index (χ4v) is 4.64. The van der Waals surface area contributed by atoms with E-state index in [1.807, 2.05) is 54.6 Å². The van der Waals surface area contributed by atoms with Crippen molar-refractivity contribution in [3.8, 4) is 28.3 Å². The SMILES string of the molecule is Cc1cc(Oc2cccc(F)c2F)ccc1-n1ncc(C(=O)c2cc3c(-c4ccccc4)cccc3[nH]2)c1N. The molecule has 0 saturated heterocycles. The molecule has 0 saturated carbocycles. The molecule has 0 unspecified atom stereocenters. The van der Waals surface area contributed by atoms with E-state index in [2.05, 4.69) is 10.1 Å². The van der Waals surface area contributed by atoms with Gasteiger partial charge in [0.05, 0.1) is 23.1 Å². The van der Waals surface area contributed by atoms with Gasteiger partial charge in [0.25, 0.3) is 0 Å². The van der Waals surface area contributed by atoms with Crippen molar-refractivity contribution < 1.29 is 18.3 Å². The van der Waals surface area contributed by atoms with Gasteiger partial charge in [-0.15, -0.1) is 0 Å². The van der Waals surface area contributed by atoms with Crippen molar-refractivity contribution in [3.63, 3.8) is 0 Å². The Morgan fingerprint density at radius 2 is 1.74 bits per heavy atom. The number of hydrogen-bond acceptors (Lipinski definition) is 4. The number of fused-ring (bicyclic) bond motifs is 1. The van der Waals surface area contributed by atoms with Crippen LogP contribution in [0.4, 0.5) is 14.6 Å². The summed E-state index contributed by atoms with van der Waals surface area (Å²) < 4.78 is 34.5. The highest BCUT2D eigenvalue weighted by molar-refractivity contribution is 6.13. The number of nitrogen functional groups attached to an aromatic ring is 1. The fraction of sp³-hybridized carbons (Fsp3) is 0.0323. The van der Waals surface area contributed by atoms with Gasteiger partial charge in [0.2, 0.25) is 11.6 Å². The summed E-state index contributed by atoms with van der Waals surface area (Å²) in [5.41, 5.74) is 11.3. The number of ketones is 1. The molecule has 2 aromatic heterocycles. The van der Waals surface area contributed by atoms with E-state index in [9.17, 15) is 13.6 Å². The largest absolute Gasteiger partial charge is 0.454 e. The number of benzene rings is 4. The number of aryl methyl sites for hydroxylation is 1. The van der Waals surface area contributed by atoms with Crippen LogP contribution in [-0.2, 0) is 0 Å². The van der Waals surface area contributed by atoms with Gasteiger partial charge in [0, 0.05) is 10.9 Å². The molecule has 0 aliphatic carbocycles. The molecule has 0 atom stereocenters. The molecule has 6 rings (SSSR count). The van der Waals surface area contributed by atoms with Gasteiger partial charge in [0.1, 0.15) is 11.6 Å². The lowest BCUT2D eigenvalue weighted by Crippen LogP contribution is -2.08. The molecule has 6 nitrogen and oxygen atoms in total. The first-order valence-electron chi connectivity index (χ1n) is 12.2. The molecular formula is C31H22F2N4O2. The summed E-state index contributed by atoms with van der Waals surface area (Å²) in [4.78, 5) is 16.7. The van der Waals surface area contributed by atoms with Gasteiger partial charge in [-0.1, -0.05) is 48.5 Å². The number of nitrogens with two attached hydrogens (primary N) is 1. The predicted octanol–water partition coefficient (Wildman–Crippen LogP) is 7.21. The highest BCUT2D eigenvalue weighted by Gasteiger charge is 2.21. The predicted molar refractivity (Wildman–Crippen MR) is 146 cm³/mol. The van der Waals surface area contributed by atoms with Crippen molar-refractivity contribution in [2.45, 2.75) is 6.92 Å². The summed E-state index contributed by atoms with van der Waals surface area (Å²) in [5.74, 6) is -2.07. The third kappa shape index (κ3) is 4.31. The van der Waals surface area contributed by atoms with Crippen LogP contribution < -0.4 is 10.5 Å². The quantitative estimate of drug-likeness (QED) is 0.227. The van der Waals surface area contributed by atoms with E-state index in [1.165, 1.54) is 23.0 Å². The lowest BCUT2D eigenvalue weighted by Gasteiger charge is -2.12. The Morgan fingerprint density at radius 3 is 2.54 bits per heavy atom. The number of aromatic nitrogens is 3. The molecule has 0 spiro atoms. The molecule has 6 aromatic rings. The average Bonchev–Trinajstić information content (AvgIpc) is 3.55. The Morgan fingerprint density at radius 1 is 0.949 bits per heavy atom. The zero-order valence-corrected chi connectivity index (χ0v) is 20.8. The molecule has 192 valence electrons. The lowest BCUT2D eigenvalue weighted by atomic mass is 10.0. The molecule has 39 heavy (non-hydrogen) atoms. The number of halogens is 2. The first kappa shape index (κ1) is 24.1. The molecule has 0 bridgehead atoms. The maximum Gasteiger partial charge on any atom is 0.214 e. The molecule has 0 aliphatic rings. The van der Waals surface area contributed by atoms with E-state index in [4.69, 9.17) is 10.5 Å². The van der Waals surface area contributed by atoms with Crippen molar-refractivity contribution in [3.05, 3.63) is 126 Å². The first-order chi connectivity index (χ1) is 18.9. The number of anilines is 1. The molecule has 3 N–H and O–H groups in total. The molecule has 4 aromatic carbocycles. The Kier molecular flexibility index (Phi) is 5.92. The normalized spacial score (nSPS) is 11.2. The Bertz CT molecular complexity index is 1860. The summed E-state index contributed by atoms with van der Waals surface area (Å²) in [6.07, 6.45) is 1.44. The van der Waals surface area contributed by atoms with Gasteiger partial charge in [-0.25, -0.2) is 9.07 Å². The van der Waals surface area contributed by atoms with Gasteiger partial charge in [-0.3, -0.25) is 4.79 Å². The van der Waals surface area contributed by atoms with Crippen LogP contribution in [0.2, 0.25) is 0 Å². The Balaban J connectivity index is 1.30. The highest BCUT2D eigenvalue weighted by atomic mass is 19.2. The van der Waals surface area contributed by atoms with Gasteiger partial charge >= 0.3 is 0 Å². The Labute approximate surface area is 222 Å². The number of nitrogens with zero attached hydrogens (tertiary/aromatic N) is 2. The van der Waals surface area contributed by atoms with Gasteiger partial charge in [-0.2, -0.15) is 9.49 Å². The van der Waals surface area contributed by atoms with Crippen LogP contribution >= 0.6 is 0 Å². The highest BCUT2D eigenvalue weighted by Crippen LogP contribution is 2.32. The van der Waals surface area contributed by atoms with E-state index >= 15 is 0 Å². The number of H-pyrrole nitrogens is 1. The number of nitrogens with one attached hydrogen (secondary N) is 1. The summed E-state index contributed by atoms with van der Waals surface area (Å²) in [6, 6.07) is 26.4. The third-order valence-corrected chi connectivity index (χ3v) is 6.59. The van der Waals surface area contributed by atoms with Crippen molar-refractivity contribution in [2.24, 2.45) is 0 Å². The van der Waals surface area contributed by atoms with Crippen LogP contribution in [0.25, 0.3) is 27.7 Å². The topological polar surface area (TPSA) is 85.9 Å². The zero-order valence-electron chi connectivity index (χ0n) is 20.8. The molecule has 0 fully saturated rings. The number of carbonyl (C=O) groups excluding carboxylic acids is 1. The molecular weight excluding hydrogens is 498 g/mol. The van der Waals surface area contributed by atoms with Crippen LogP contribution in [0.15, 0.2) is 97.2 Å². The number of aromatic amines is 1. The van der Waals surface area contributed by atoms with E-state index < -0.39 is 11.6 Å². The minimum absolute atomic E-state index is 0.176. The van der Waals surface area contributed by atoms with E-state index in [1.54, 1.807) is 25.1 Å². The number of rotatable bonds is 6. The van der Waals surface area contributed by atoms with Gasteiger partial charge in [-0.05, 0) is 66.1 Å². The number of carbonyl (C=O) groups is 1. The fourth-order valence-electron chi connectivity index (χ4n) is 4.64. The summed E-state index contributed by atoms with van der Waals surface area (Å²) in [5, 5.41) is 5.29. The van der Waals surface area contributed by atoms with Gasteiger partial charge in [0.15, 0.2) is 11.6 Å².